The SMILES string of the molecule is c1ccc(-c2cccc(-c3cc(-c4ccccc4-n4c5ccccc5c5c6c7ccccc7n(-c7ccccc7)c6ccc54)nc(-c4ccccc4)n3)c2)cc1. The summed E-state index contributed by atoms with van der Waals surface area (Å²) in [4.78, 5) is 10.5. The van der Waals surface area contributed by atoms with E-state index < -0.39 is 0 Å². The maximum absolute atomic E-state index is 5.31. The molecule has 0 radical (unpaired) electrons. The van der Waals surface area contributed by atoms with E-state index in [0.717, 1.165) is 56.0 Å². The zero-order valence-electron chi connectivity index (χ0n) is 30.4. The second-order valence-electron chi connectivity index (χ2n) is 14.2. The third-order valence-corrected chi connectivity index (χ3v) is 10.9. The van der Waals surface area contributed by atoms with E-state index in [1.54, 1.807) is 0 Å². The largest absolute Gasteiger partial charge is 0.309 e. The average molecular weight is 715 g/mol. The van der Waals surface area contributed by atoms with Gasteiger partial charge in [-0.05, 0) is 65.7 Å². The van der Waals surface area contributed by atoms with Crippen LogP contribution in [0.25, 0.3) is 100 Å². The van der Waals surface area contributed by atoms with Gasteiger partial charge in [0, 0.05) is 43.9 Å². The summed E-state index contributed by atoms with van der Waals surface area (Å²) in [6, 6.07) is 73.1. The van der Waals surface area contributed by atoms with E-state index in [4.69, 9.17) is 9.97 Å². The van der Waals surface area contributed by atoms with Crippen molar-refractivity contribution in [3.63, 3.8) is 0 Å². The van der Waals surface area contributed by atoms with Crippen molar-refractivity contribution < 1.29 is 0 Å². The Morgan fingerprint density at radius 3 is 1.55 bits per heavy atom. The number of para-hydroxylation sites is 4. The number of hydrogen-bond acceptors (Lipinski definition) is 2. The van der Waals surface area contributed by atoms with E-state index in [0.29, 0.717) is 5.82 Å². The predicted octanol–water partition coefficient (Wildman–Crippen LogP) is 13.3. The minimum Gasteiger partial charge on any atom is -0.309 e. The lowest BCUT2D eigenvalue weighted by molar-refractivity contribution is 1.15. The van der Waals surface area contributed by atoms with Crippen LogP contribution < -0.4 is 0 Å². The molecule has 0 amide bonds. The fourth-order valence-electron chi connectivity index (χ4n) is 8.46. The highest BCUT2D eigenvalue weighted by atomic mass is 15.0. The molecule has 11 rings (SSSR count). The van der Waals surface area contributed by atoms with E-state index in [1.165, 1.54) is 38.1 Å². The summed E-state index contributed by atoms with van der Waals surface area (Å²) in [7, 11) is 0. The molecule has 3 aromatic heterocycles. The van der Waals surface area contributed by atoms with Crippen molar-refractivity contribution in [1.82, 2.24) is 19.1 Å². The molecule has 0 saturated heterocycles. The molecule has 0 unspecified atom stereocenters. The summed E-state index contributed by atoms with van der Waals surface area (Å²) in [6.07, 6.45) is 0. The van der Waals surface area contributed by atoms with Gasteiger partial charge in [-0.2, -0.15) is 0 Å². The van der Waals surface area contributed by atoms with Crippen molar-refractivity contribution in [2.24, 2.45) is 0 Å². The Morgan fingerprint density at radius 2 is 0.839 bits per heavy atom. The van der Waals surface area contributed by atoms with Crippen molar-refractivity contribution in [2.75, 3.05) is 0 Å². The smallest absolute Gasteiger partial charge is 0.160 e. The van der Waals surface area contributed by atoms with Crippen molar-refractivity contribution >= 4 is 43.6 Å². The number of rotatable bonds is 6. The number of hydrogen-bond donors (Lipinski definition) is 0. The topological polar surface area (TPSA) is 35.6 Å². The van der Waals surface area contributed by atoms with Crippen molar-refractivity contribution in [2.45, 2.75) is 0 Å². The number of aromatic nitrogens is 4. The standard InChI is InChI=1S/C52H34N4/c1-4-17-35(18-5-1)37-21-16-22-38(33-37)43-34-44(54-52(53-43)36-19-6-2-7-20-36)40-25-10-13-28-45(40)56-47-30-15-12-27-42(47)51-49(56)32-31-48-50(51)41-26-11-14-29-46(41)55(48)39-23-8-3-9-24-39/h1-34H. The molecule has 0 bridgehead atoms. The van der Waals surface area contributed by atoms with Gasteiger partial charge in [-0.1, -0.05) is 152 Å². The maximum Gasteiger partial charge on any atom is 0.160 e. The quantitative estimate of drug-likeness (QED) is 0.172. The molecule has 3 heterocycles. The van der Waals surface area contributed by atoms with Crippen LogP contribution in [-0.2, 0) is 0 Å². The van der Waals surface area contributed by atoms with Gasteiger partial charge in [0.25, 0.3) is 0 Å². The Labute approximate surface area is 324 Å². The fraction of sp³-hybridized carbons (Fsp3) is 0. The molecule has 0 fully saturated rings. The zero-order valence-corrected chi connectivity index (χ0v) is 30.4. The minimum absolute atomic E-state index is 0.690. The molecular formula is C52H34N4. The highest BCUT2D eigenvalue weighted by molar-refractivity contribution is 6.29. The predicted molar refractivity (Wildman–Crippen MR) is 232 cm³/mol. The first-order valence-corrected chi connectivity index (χ1v) is 19.0. The molecule has 262 valence electrons. The number of benzene rings is 8. The van der Waals surface area contributed by atoms with Gasteiger partial charge < -0.3 is 9.13 Å². The van der Waals surface area contributed by atoms with E-state index in [1.807, 2.05) is 18.2 Å². The highest BCUT2D eigenvalue weighted by Crippen LogP contribution is 2.43. The molecule has 0 N–H and O–H groups in total. The van der Waals surface area contributed by atoms with E-state index in [9.17, 15) is 0 Å². The summed E-state index contributed by atoms with van der Waals surface area (Å²) >= 11 is 0. The summed E-state index contributed by atoms with van der Waals surface area (Å²) in [6.45, 7) is 0. The second kappa shape index (κ2) is 13.1. The maximum atomic E-state index is 5.31. The number of nitrogens with zero attached hydrogens (tertiary/aromatic N) is 4. The van der Waals surface area contributed by atoms with Crippen LogP contribution >= 0.6 is 0 Å². The molecule has 0 aliphatic rings. The summed E-state index contributed by atoms with van der Waals surface area (Å²) in [5.74, 6) is 0.690. The fourth-order valence-corrected chi connectivity index (χ4v) is 8.46. The van der Waals surface area contributed by atoms with E-state index >= 15 is 0 Å². The monoisotopic (exact) mass is 714 g/mol. The Morgan fingerprint density at radius 1 is 0.321 bits per heavy atom. The molecular weight excluding hydrogens is 681 g/mol. The average Bonchev–Trinajstić information content (AvgIpc) is 3.80. The lowest BCUT2D eigenvalue weighted by Crippen LogP contribution is -2.01. The molecule has 0 aliphatic heterocycles. The lowest BCUT2D eigenvalue weighted by atomic mass is 10.00. The van der Waals surface area contributed by atoms with Gasteiger partial charge in [-0.25, -0.2) is 9.97 Å². The molecule has 0 spiro atoms. The van der Waals surface area contributed by atoms with Gasteiger partial charge in [0.15, 0.2) is 5.82 Å². The minimum atomic E-state index is 0.690. The van der Waals surface area contributed by atoms with Crippen LogP contribution in [0, 0.1) is 0 Å². The zero-order chi connectivity index (χ0) is 37.0. The van der Waals surface area contributed by atoms with Crippen LogP contribution in [0.5, 0.6) is 0 Å². The summed E-state index contributed by atoms with van der Waals surface area (Å²) < 4.78 is 4.82. The van der Waals surface area contributed by atoms with Crippen molar-refractivity contribution in [3.05, 3.63) is 206 Å². The Balaban J connectivity index is 1.17. The molecule has 4 nitrogen and oxygen atoms in total. The van der Waals surface area contributed by atoms with E-state index in [2.05, 4.69) is 197 Å². The summed E-state index contributed by atoms with van der Waals surface area (Å²) in [5, 5.41) is 4.94. The molecule has 4 heteroatoms. The lowest BCUT2D eigenvalue weighted by Gasteiger charge is -2.15. The van der Waals surface area contributed by atoms with Crippen LogP contribution in [0.4, 0.5) is 0 Å². The normalized spacial score (nSPS) is 11.6. The first-order chi connectivity index (χ1) is 27.8. The van der Waals surface area contributed by atoms with Gasteiger partial charge in [0.05, 0.1) is 39.1 Å². The third-order valence-electron chi connectivity index (χ3n) is 10.9. The highest BCUT2D eigenvalue weighted by Gasteiger charge is 2.22. The van der Waals surface area contributed by atoms with Crippen LogP contribution in [0.3, 0.4) is 0 Å². The third kappa shape index (κ3) is 5.15. The molecule has 8 aromatic carbocycles. The van der Waals surface area contributed by atoms with Gasteiger partial charge in [0.2, 0.25) is 0 Å². The number of fused-ring (bicyclic) bond motifs is 7. The molecule has 0 atom stereocenters. The van der Waals surface area contributed by atoms with E-state index in [-0.39, 0.29) is 0 Å². The van der Waals surface area contributed by atoms with Gasteiger partial charge >= 0.3 is 0 Å². The molecule has 11 aromatic rings. The molecule has 0 saturated carbocycles. The van der Waals surface area contributed by atoms with Gasteiger partial charge in [-0.3, -0.25) is 0 Å². The van der Waals surface area contributed by atoms with Gasteiger partial charge in [0.1, 0.15) is 0 Å². The first kappa shape index (κ1) is 31.9. The van der Waals surface area contributed by atoms with Crippen LogP contribution in [-0.4, -0.2) is 19.1 Å². The second-order valence-corrected chi connectivity index (χ2v) is 14.2. The van der Waals surface area contributed by atoms with Crippen LogP contribution in [0.2, 0.25) is 0 Å². The van der Waals surface area contributed by atoms with Crippen molar-refractivity contribution in [1.29, 1.82) is 0 Å². The van der Waals surface area contributed by atoms with Crippen LogP contribution in [0.1, 0.15) is 0 Å². The molecule has 56 heavy (non-hydrogen) atoms. The van der Waals surface area contributed by atoms with Crippen molar-refractivity contribution in [3.8, 4) is 56.4 Å². The van der Waals surface area contributed by atoms with Crippen LogP contribution in [0.15, 0.2) is 206 Å². The Bertz CT molecular complexity index is 3230. The summed E-state index contributed by atoms with van der Waals surface area (Å²) in [5.41, 5.74) is 14.0. The molecule has 0 aliphatic carbocycles. The Kier molecular flexibility index (Phi) is 7.46. The van der Waals surface area contributed by atoms with Gasteiger partial charge in [-0.15, -0.1) is 0 Å². The Hall–Kier alpha value is -7.56. The first-order valence-electron chi connectivity index (χ1n) is 19.0.